The molecule has 0 bridgehead atoms. The lowest BCUT2D eigenvalue weighted by Crippen LogP contribution is -2.28. The van der Waals surface area contributed by atoms with E-state index in [1.807, 2.05) is 66.2 Å². The van der Waals surface area contributed by atoms with Crippen molar-refractivity contribution in [2.75, 3.05) is 0 Å². The largest absolute Gasteiger partial charge is 0.356 e. The zero-order valence-electron chi connectivity index (χ0n) is 14.3. The molecule has 1 atom stereocenters. The molecule has 0 saturated carbocycles. The maximum Gasteiger partial charge on any atom is 0.226 e. The van der Waals surface area contributed by atoms with E-state index >= 15 is 0 Å². The standard InChI is InChI=1S/C20H18N4O2/c1-14(15-5-4-6-16(11-15)24-10-9-21-13-24)22-20(25)12-18-17-7-2-3-8-19(17)26-23-18/h2-11,13-14H,12H2,1H3,(H,22,25)/t14-/m0/s1. The van der Waals surface area contributed by atoms with Crippen LogP contribution in [0.3, 0.4) is 0 Å². The van der Waals surface area contributed by atoms with E-state index in [1.54, 1.807) is 12.5 Å². The lowest BCUT2D eigenvalue weighted by molar-refractivity contribution is -0.121. The topological polar surface area (TPSA) is 73.0 Å². The van der Waals surface area contributed by atoms with E-state index < -0.39 is 0 Å². The summed E-state index contributed by atoms with van der Waals surface area (Å²) in [5.74, 6) is -0.0930. The monoisotopic (exact) mass is 346 g/mol. The summed E-state index contributed by atoms with van der Waals surface area (Å²) in [7, 11) is 0. The summed E-state index contributed by atoms with van der Waals surface area (Å²) >= 11 is 0. The van der Waals surface area contributed by atoms with Crippen LogP contribution < -0.4 is 5.32 Å². The highest BCUT2D eigenvalue weighted by molar-refractivity contribution is 5.86. The molecule has 2 aromatic heterocycles. The second-order valence-electron chi connectivity index (χ2n) is 6.16. The molecule has 1 N–H and O–H groups in total. The molecule has 6 heteroatoms. The fourth-order valence-corrected chi connectivity index (χ4v) is 2.96. The van der Waals surface area contributed by atoms with Crippen molar-refractivity contribution in [3.63, 3.8) is 0 Å². The van der Waals surface area contributed by atoms with Gasteiger partial charge in [0.15, 0.2) is 5.58 Å². The molecule has 130 valence electrons. The fraction of sp³-hybridized carbons (Fsp3) is 0.150. The lowest BCUT2D eigenvalue weighted by atomic mass is 10.1. The predicted octanol–water partition coefficient (Wildman–Crippen LogP) is 3.43. The minimum atomic E-state index is -0.121. The maximum absolute atomic E-state index is 12.4. The molecule has 0 unspecified atom stereocenters. The Balaban J connectivity index is 1.47. The van der Waals surface area contributed by atoms with E-state index in [0.29, 0.717) is 11.3 Å². The number of aromatic nitrogens is 3. The first kappa shape index (κ1) is 16.1. The number of amides is 1. The Kier molecular flexibility index (Phi) is 4.23. The number of hydrogen-bond acceptors (Lipinski definition) is 4. The van der Waals surface area contributed by atoms with Crippen LogP contribution in [0.1, 0.15) is 24.2 Å². The van der Waals surface area contributed by atoms with Gasteiger partial charge in [-0.15, -0.1) is 0 Å². The van der Waals surface area contributed by atoms with E-state index in [2.05, 4.69) is 15.5 Å². The Morgan fingerprint density at radius 1 is 1.23 bits per heavy atom. The third-order valence-corrected chi connectivity index (χ3v) is 4.33. The quantitative estimate of drug-likeness (QED) is 0.601. The van der Waals surface area contributed by atoms with Gasteiger partial charge in [0.25, 0.3) is 0 Å². The van der Waals surface area contributed by atoms with Gasteiger partial charge in [0.2, 0.25) is 5.91 Å². The van der Waals surface area contributed by atoms with E-state index in [9.17, 15) is 4.79 Å². The number of carbonyl (C=O) groups is 1. The molecule has 6 nitrogen and oxygen atoms in total. The minimum Gasteiger partial charge on any atom is -0.356 e. The number of hydrogen-bond donors (Lipinski definition) is 1. The van der Waals surface area contributed by atoms with Gasteiger partial charge in [-0.25, -0.2) is 4.98 Å². The van der Waals surface area contributed by atoms with Crippen molar-refractivity contribution >= 4 is 16.9 Å². The molecular formula is C20H18N4O2. The molecule has 0 fully saturated rings. The summed E-state index contributed by atoms with van der Waals surface area (Å²) in [5.41, 5.74) is 3.37. The van der Waals surface area contributed by atoms with E-state index in [1.165, 1.54) is 0 Å². The molecule has 0 aliphatic heterocycles. The van der Waals surface area contributed by atoms with Crippen molar-refractivity contribution < 1.29 is 9.32 Å². The second kappa shape index (κ2) is 6.84. The first-order valence-electron chi connectivity index (χ1n) is 8.41. The number of imidazole rings is 1. The van der Waals surface area contributed by atoms with Crippen LogP contribution in [-0.4, -0.2) is 20.6 Å². The molecule has 2 heterocycles. The van der Waals surface area contributed by atoms with Crippen molar-refractivity contribution in [3.8, 4) is 5.69 Å². The van der Waals surface area contributed by atoms with Crippen LogP contribution in [0.4, 0.5) is 0 Å². The molecule has 2 aromatic carbocycles. The van der Waals surface area contributed by atoms with E-state index in [-0.39, 0.29) is 18.4 Å². The molecule has 0 aliphatic rings. The Hall–Kier alpha value is -3.41. The van der Waals surface area contributed by atoms with Crippen LogP contribution in [0.2, 0.25) is 0 Å². The average molecular weight is 346 g/mol. The molecule has 0 saturated heterocycles. The van der Waals surface area contributed by atoms with Crippen LogP contribution in [0.25, 0.3) is 16.7 Å². The van der Waals surface area contributed by atoms with Crippen LogP contribution in [0.5, 0.6) is 0 Å². The Labute approximate surface area is 150 Å². The van der Waals surface area contributed by atoms with Gasteiger partial charge >= 0.3 is 0 Å². The summed E-state index contributed by atoms with van der Waals surface area (Å²) in [6.45, 7) is 1.96. The number of para-hydroxylation sites is 1. The van der Waals surface area contributed by atoms with Crippen molar-refractivity contribution in [2.45, 2.75) is 19.4 Å². The summed E-state index contributed by atoms with van der Waals surface area (Å²) in [6.07, 6.45) is 5.55. The molecule has 1 amide bonds. The maximum atomic E-state index is 12.4. The molecule has 0 radical (unpaired) electrons. The molecule has 26 heavy (non-hydrogen) atoms. The van der Waals surface area contributed by atoms with E-state index in [0.717, 1.165) is 16.6 Å². The highest BCUT2D eigenvalue weighted by atomic mass is 16.5. The summed E-state index contributed by atoms with van der Waals surface area (Å²) in [6, 6.07) is 15.4. The third-order valence-electron chi connectivity index (χ3n) is 4.33. The Bertz CT molecular complexity index is 1040. The number of benzene rings is 2. The molecular weight excluding hydrogens is 328 g/mol. The zero-order chi connectivity index (χ0) is 17.9. The number of fused-ring (bicyclic) bond motifs is 1. The second-order valence-corrected chi connectivity index (χ2v) is 6.16. The third kappa shape index (κ3) is 3.21. The Morgan fingerprint density at radius 3 is 2.96 bits per heavy atom. The van der Waals surface area contributed by atoms with Crippen LogP contribution in [0.15, 0.2) is 71.8 Å². The van der Waals surface area contributed by atoms with Crippen molar-refractivity contribution in [2.24, 2.45) is 0 Å². The molecule has 4 rings (SSSR count). The fourth-order valence-electron chi connectivity index (χ4n) is 2.96. The average Bonchev–Trinajstić information content (AvgIpc) is 3.32. The Morgan fingerprint density at radius 2 is 2.12 bits per heavy atom. The zero-order valence-corrected chi connectivity index (χ0v) is 14.3. The normalized spacial score (nSPS) is 12.2. The van der Waals surface area contributed by atoms with Gasteiger partial charge < -0.3 is 14.4 Å². The van der Waals surface area contributed by atoms with Gasteiger partial charge in [-0.2, -0.15) is 0 Å². The summed E-state index contributed by atoms with van der Waals surface area (Å²) in [5, 5.41) is 7.92. The molecule has 4 aromatic rings. The van der Waals surface area contributed by atoms with Crippen LogP contribution >= 0.6 is 0 Å². The molecule has 0 spiro atoms. The summed E-state index contributed by atoms with van der Waals surface area (Å²) < 4.78 is 7.19. The number of nitrogens with zero attached hydrogens (tertiary/aromatic N) is 3. The SMILES string of the molecule is C[C@H](NC(=O)Cc1noc2ccccc12)c1cccc(-n2ccnc2)c1. The number of rotatable bonds is 5. The van der Waals surface area contributed by atoms with Crippen LogP contribution in [0, 0.1) is 0 Å². The van der Waals surface area contributed by atoms with Crippen molar-refractivity contribution in [1.82, 2.24) is 20.0 Å². The van der Waals surface area contributed by atoms with Gasteiger partial charge in [0, 0.05) is 23.5 Å². The number of carbonyl (C=O) groups excluding carboxylic acids is 1. The molecule has 0 aliphatic carbocycles. The van der Waals surface area contributed by atoms with Gasteiger partial charge in [0.05, 0.1) is 18.8 Å². The first-order chi connectivity index (χ1) is 12.7. The van der Waals surface area contributed by atoms with Gasteiger partial charge in [0.1, 0.15) is 5.69 Å². The lowest BCUT2D eigenvalue weighted by Gasteiger charge is -2.15. The van der Waals surface area contributed by atoms with Crippen molar-refractivity contribution in [3.05, 3.63) is 78.5 Å². The smallest absolute Gasteiger partial charge is 0.226 e. The minimum absolute atomic E-state index is 0.0930. The van der Waals surface area contributed by atoms with Crippen molar-refractivity contribution in [1.29, 1.82) is 0 Å². The van der Waals surface area contributed by atoms with Crippen LogP contribution in [-0.2, 0) is 11.2 Å². The number of nitrogens with one attached hydrogen (secondary N) is 1. The predicted molar refractivity (Wildman–Crippen MR) is 97.8 cm³/mol. The summed E-state index contributed by atoms with van der Waals surface area (Å²) in [4.78, 5) is 16.5. The van der Waals surface area contributed by atoms with Gasteiger partial charge in [-0.3, -0.25) is 4.79 Å². The van der Waals surface area contributed by atoms with Gasteiger partial charge in [-0.1, -0.05) is 29.4 Å². The first-order valence-corrected chi connectivity index (χ1v) is 8.41. The highest BCUT2D eigenvalue weighted by Gasteiger charge is 2.15. The van der Waals surface area contributed by atoms with E-state index in [4.69, 9.17) is 4.52 Å². The highest BCUT2D eigenvalue weighted by Crippen LogP contribution is 2.20. The van der Waals surface area contributed by atoms with Gasteiger partial charge in [-0.05, 0) is 36.8 Å².